The van der Waals surface area contributed by atoms with Crippen LogP contribution in [0, 0.1) is 18.6 Å². The minimum Gasteiger partial charge on any atom is -0.336 e. The van der Waals surface area contributed by atoms with Gasteiger partial charge in [0.2, 0.25) is 10.0 Å². The lowest BCUT2D eigenvalue weighted by atomic mass is 10.1. The minimum atomic E-state index is -4.11. The Morgan fingerprint density at radius 2 is 1.68 bits per heavy atom. The Labute approximate surface area is 178 Å². The van der Waals surface area contributed by atoms with Crippen molar-refractivity contribution < 1.29 is 22.0 Å². The second-order valence-corrected chi connectivity index (χ2v) is 9.19. The van der Waals surface area contributed by atoms with Crippen LogP contribution in [0.4, 0.5) is 8.78 Å². The predicted molar refractivity (Wildman–Crippen MR) is 109 cm³/mol. The summed E-state index contributed by atoms with van der Waals surface area (Å²) >= 11 is 0. The van der Waals surface area contributed by atoms with Gasteiger partial charge >= 0.3 is 0 Å². The van der Waals surface area contributed by atoms with Crippen molar-refractivity contribution in [3.63, 3.8) is 0 Å². The summed E-state index contributed by atoms with van der Waals surface area (Å²) in [7, 11) is -4.11. The lowest BCUT2D eigenvalue weighted by Crippen LogP contribution is -2.50. The van der Waals surface area contributed by atoms with E-state index >= 15 is 0 Å². The maximum Gasteiger partial charge on any atom is 0.253 e. The second kappa shape index (κ2) is 8.20. The fraction of sp³-hybridized carbons (Fsp3) is 0.238. The van der Waals surface area contributed by atoms with Crippen molar-refractivity contribution >= 4 is 15.9 Å². The van der Waals surface area contributed by atoms with E-state index < -0.39 is 26.6 Å². The van der Waals surface area contributed by atoms with Crippen LogP contribution in [-0.2, 0) is 10.0 Å². The van der Waals surface area contributed by atoms with Crippen LogP contribution < -0.4 is 0 Å². The quantitative estimate of drug-likeness (QED) is 0.618. The standard InChI is InChI=1S/C21H20F2N4O3S/c1-15-13-24-27(14-15)18-5-2-16(3-6-18)21(28)25-8-10-26(11-9-25)31(29,30)20-7-4-17(22)12-19(20)23/h2-7,12-14H,8-11H2,1H3. The largest absolute Gasteiger partial charge is 0.336 e. The van der Waals surface area contributed by atoms with Gasteiger partial charge in [-0.3, -0.25) is 4.79 Å². The molecule has 1 aromatic heterocycles. The predicted octanol–water partition coefficient (Wildman–Crippen LogP) is 2.61. The molecule has 31 heavy (non-hydrogen) atoms. The molecule has 1 aliphatic heterocycles. The van der Waals surface area contributed by atoms with Crippen LogP contribution in [-0.4, -0.2) is 59.5 Å². The molecule has 1 fully saturated rings. The van der Waals surface area contributed by atoms with Gasteiger partial charge < -0.3 is 4.90 Å². The monoisotopic (exact) mass is 446 g/mol. The third-order valence-electron chi connectivity index (χ3n) is 5.13. The molecule has 10 heteroatoms. The van der Waals surface area contributed by atoms with Gasteiger partial charge in [0.05, 0.1) is 11.9 Å². The van der Waals surface area contributed by atoms with Gasteiger partial charge in [-0.2, -0.15) is 9.40 Å². The van der Waals surface area contributed by atoms with E-state index in [-0.39, 0.29) is 32.1 Å². The molecule has 1 aliphatic rings. The van der Waals surface area contributed by atoms with Crippen molar-refractivity contribution in [1.29, 1.82) is 0 Å². The molecule has 1 saturated heterocycles. The average molecular weight is 446 g/mol. The first-order chi connectivity index (χ1) is 14.8. The molecule has 0 radical (unpaired) electrons. The van der Waals surface area contributed by atoms with Crippen LogP contribution in [0.2, 0.25) is 0 Å². The summed E-state index contributed by atoms with van der Waals surface area (Å²) in [5, 5.41) is 4.23. The second-order valence-electron chi connectivity index (χ2n) is 7.28. The molecule has 0 aliphatic carbocycles. The first-order valence-electron chi connectivity index (χ1n) is 9.62. The molecular formula is C21H20F2N4O3S. The van der Waals surface area contributed by atoms with Crippen LogP contribution in [0.1, 0.15) is 15.9 Å². The Bertz CT molecular complexity index is 1220. The zero-order chi connectivity index (χ0) is 22.2. The van der Waals surface area contributed by atoms with Gasteiger partial charge in [-0.05, 0) is 48.9 Å². The molecule has 4 rings (SSSR count). The highest BCUT2D eigenvalue weighted by Gasteiger charge is 2.32. The number of nitrogens with zero attached hydrogens (tertiary/aromatic N) is 4. The van der Waals surface area contributed by atoms with Crippen molar-refractivity contribution in [2.75, 3.05) is 26.2 Å². The molecule has 0 spiro atoms. The number of hydrogen-bond donors (Lipinski definition) is 0. The average Bonchev–Trinajstić information content (AvgIpc) is 3.19. The molecule has 162 valence electrons. The van der Waals surface area contributed by atoms with E-state index in [0.29, 0.717) is 11.6 Å². The fourth-order valence-electron chi connectivity index (χ4n) is 3.45. The summed E-state index contributed by atoms with van der Waals surface area (Å²) in [4.78, 5) is 13.8. The summed E-state index contributed by atoms with van der Waals surface area (Å²) in [6.07, 6.45) is 3.62. The zero-order valence-electron chi connectivity index (χ0n) is 16.7. The van der Waals surface area contributed by atoms with Gasteiger partial charge in [-0.25, -0.2) is 21.9 Å². The van der Waals surface area contributed by atoms with Crippen molar-refractivity contribution in [3.05, 3.63) is 77.6 Å². The number of amides is 1. The molecule has 0 atom stereocenters. The maximum atomic E-state index is 14.0. The lowest BCUT2D eigenvalue weighted by molar-refractivity contribution is 0.0697. The van der Waals surface area contributed by atoms with Crippen molar-refractivity contribution in [3.8, 4) is 5.69 Å². The highest BCUT2D eigenvalue weighted by atomic mass is 32.2. The topological polar surface area (TPSA) is 75.5 Å². The van der Waals surface area contributed by atoms with Crippen LogP contribution in [0.3, 0.4) is 0 Å². The molecule has 0 saturated carbocycles. The third-order valence-corrected chi connectivity index (χ3v) is 7.06. The van der Waals surface area contributed by atoms with Crippen LogP contribution in [0.5, 0.6) is 0 Å². The van der Waals surface area contributed by atoms with E-state index in [0.717, 1.165) is 27.7 Å². The Hall–Kier alpha value is -3.11. The van der Waals surface area contributed by atoms with Crippen LogP contribution in [0.25, 0.3) is 5.69 Å². The summed E-state index contributed by atoms with van der Waals surface area (Å²) in [6.45, 7) is 2.32. The van der Waals surface area contributed by atoms with E-state index in [4.69, 9.17) is 0 Å². The third kappa shape index (κ3) is 4.21. The minimum absolute atomic E-state index is 0.0234. The molecule has 0 bridgehead atoms. The summed E-state index contributed by atoms with van der Waals surface area (Å²) in [6, 6.07) is 9.35. The van der Waals surface area contributed by atoms with Gasteiger partial charge in [0.15, 0.2) is 0 Å². The number of aromatic nitrogens is 2. The lowest BCUT2D eigenvalue weighted by Gasteiger charge is -2.34. The molecule has 0 unspecified atom stereocenters. The first-order valence-corrected chi connectivity index (χ1v) is 11.1. The van der Waals surface area contributed by atoms with E-state index in [9.17, 15) is 22.0 Å². The molecule has 0 N–H and O–H groups in total. The number of sulfonamides is 1. The Kier molecular flexibility index (Phi) is 5.59. The molecular weight excluding hydrogens is 426 g/mol. The number of carbonyl (C=O) groups excluding carboxylic acids is 1. The number of hydrogen-bond acceptors (Lipinski definition) is 4. The highest BCUT2D eigenvalue weighted by Crippen LogP contribution is 2.22. The SMILES string of the molecule is Cc1cnn(-c2ccc(C(=O)N3CCN(S(=O)(=O)c4ccc(F)cc4F)CC3)cc2)c1. The number of benzene rings is 2. The van der Waals surface area contributed by atoms with E-state index in [2.05, 4.69) is 5.10 Å². The normalized spacial score (nSPS) is 15.3. The smallest absolute Gasteiger partial charge is 0.253 e. The Morgan fingerprint density at radius 3 is 2.26 bits per heavy atom. The molecule has 3 aromatic rings. The number of rotatable bonds is 4. The van der Waals surface area contributed by atoms with Gasteiger partial charge in [0.1, 0.15) is 16.5 Å². The van der Waals surface area contributed by atoms with E-state index in [1.165, 1.54) is 0 Å². The highest BCUT2D eigenvalue weighted by molar-refractivity contribution is 7.89. The molecule has 1 amide bonds. The fourth-order valence-corrected chi connectivity index (χ4v) is 4.92. The van der Waals surface area contributed by atoms with Crippen LogP contribution in [0.15, 0.2) is 59.8 Å². The van der Waals surface area contributed by atoms with Crippen molar-refractivity contribution in [1.82, 2.24) is 19.0 Å². The molecule has 7 nitrogen and oxygen atoms in total. The van der Waals surface area contributed by atoms with Crippen molar-refractivity contribution in [2.24, 2.45) is 0 Å². The number of aryl methyl sites for hydroxylation is 1. The first kappa shape index (κ1) is 21.1. The number of halogens is 2. The maximum absolute atomic E-state index is 14.0. The summed E-state index contributed by atoms with van der Waals surface area (Å²) in [5.41, 5.74) is 2.32. The number of carbonyl (C=O) groups is 1. The van der Waals surface area contributed by atoms with Gasteiger partial charge in [0, 0.05) is 44.0 Å². The Morgan fingerprint density at radius 1 is 1.00 bits per heavy atom. The van der Waals surface area contributed by atoms with E-state index in [1.807, 2.05) is 13.1 Å². The van der Waals surface area contributed by atoms with Gasteiger partial charge in [-0.15, -0.1) is 0 Å². The van der Waals surface area contributed by atoms with Gasteiger partial charge in [0.25, 0.3) is 5.91 Å². The van der Waals surface area contributed by atoms with Crippen molar-refractivity contribution in [2.45, 2.75) is 11.8 Å². The summed E-state index contributed by atoms with van der Waals surface area (Å²) in [5.74, 6) is -2.19. The Balaban J connectivity index is 1.43. The van der Waals surface area contributed by atoms with Gasteiger partial charge in [-0.1, -0.05) is 0 Å². The number of piperazine rings is 1. The summed E-state index contributed by atoms with van der Waals surface area (Å²) < 4.78 is 55.3. The zero-order valence-corrected chi connectivity index (χ0v) is 17.5. The molecule has 2 aromatic carbocycles. The molecule has 2 heterocycles. The van der Waals surface area contributed by atoms with Crippen LogP contribution >= 0.6 is 0 Å². The van der Waals surface area contributed by atoms with E-state index in [1.54, 1.807) is 40.0 Å².